The number of benzene rings is 1. The molecule has 1 aromatic carbocycles. The largest absolute Gasteiger partial charge is 0.493 e. The highest BCUT2D eigenvalue weighted by atomic mass is 79.9. The second-order valence-corrected chi connectivity index (χ2v) is 6.95. The Morgan fingerprint density at radius 1 is 1.52 bits per heavy atom. The number of carboxylic acid groups (broad SMARTS) is 1. The molecular formula is C16H20BrNO3. The Bertz CT molecular complexity index is 561. The second kappa shape index (κ2) is 5.97. The standard InChI is InChI=1S/C16H20BrNO3/c1-10-6-12(16(19)20)2-4-18(10)9-13-8-14(17)7-11-3-5-21-15(11)13/h7-8,10,12H,2-6,9H2,1H3,(H,19,20). The van der Waals surface area contributed by atoms with E-state index >= 15 is 0 Å². The van der Waals surface area contributed by atoms with E-state index in [4.69, 9.17) is 9.84 Å². The normalized spacial score (nSPS) is 25.4. The quantitative estimate of drug-likeness (QED) is 0.907. The summed E-state index contributed by atoms with van der Waals surface area (Å²) in [4.78, 5) is 13.5. The van der Waals surface area contributed by atoms with Gasteiger partial charge in [0, 0.05) is 29.0 Å². The zero-order valence-electron chi connectivity index (χ0n) is 12.1. The molecule has 21 heavy (non-hydrogen) atoms. The SMILES string of the molecule is CC1CC(C(=O)O)CCN1Cc1cc(Br)cc2c1OCC2. The van der Waals surface area contributed by atoms with Gasteiger partial charge in [-0.3, -0.25) is 9.69 Å². The molecule has 0 spiro atoms. The molecule has 0 aromatic heterocycles. The second-order valence-electron chi connectivity index (χ2n) is 6.03. The van der Waals surface area contributed by atoms with Crippen LogP contribution in [0.2, 0.25) is 0 Å². The fourth-order valence-electron chi connectivity index (χ4n) is 3.36. The zero-order valence-corrected chi connectivity index (χ0v) is 13.7. The van der Waals surface area contributed by atoms with Crippen molar-refractivity contribution in [1.82, 2.24) is 4.90 Å². The molecule has 2 unspecified atom stereocenters. The maximum absolute atomic E-state index is 11.1. The Kier molecular flexibility index (Phi) is 4.22. The highest BCUT2D eigenvalue weighted by molar-refractivity contribution is 9.10. The average Bonchev–Trinajstić information content (AvgIpc) is 2.88. The van der Waals surface area contributed by atoms with E-state index in [1.54, 1.807) is 0 Å². The van der Waals surface area contributed by atoms with Gasteiger partial charge in [0.25, 0.3) is 0 Å². The first-order valence-electron chi connectivity index (χ1n) is 7.45. The fourth-order valence-corrected chi connectivity index (χ4v) is 3.91. The van der Waals surface area contributed by atoms with Crippen molar-refractivity contribution >= 4 is 21.9 Å². The molecule has 1 saturated heterocycles. The van der Waals surface area contributed by atoms with Gasteiger partial charge >= 0.3 is 5.97 Å². The van der Waals surface area contributed by atoms with Crippen LogP contribution in [0, 0.1) is 5.92 Å². The molecule has 0 amide bonds. The topological polar surface area (TPSA) is 49.8 Å². The fraction of sp³-hybridized carbons (Fsp3) is 0.562. The molecule has 1 N–H and O–H groups in total. The first kappa shape index (κ1) is 14.9. The lowest BCUT2D eigenvalue weighted by Gasteiger charge is -2.36. The van der Waals surface area contributed by atoms with Gasteiger partial charge in [-0.15, -0.1) is 0 Å². The molecule has 0 saturated carbocycles. The molecule has 114 valence electrons. The van der Waals surface area contributed by atoms with Crippen molar-refractivity contribution in [3.63, 3.8) is 0 Å². The van der Waals surface area contributed by atoms with E-state index in [2.05, 4.69) is 39.9 Å². The van der Waals surface area contributed by atoms with Gasteiger partial charge in [-0.1, -0.05) is 15.9 Å². The van der Waals surface area contributed by atoms with Crippen LogP contribution in [0.25, 0.3) is 0 Å². The highest BCUT2D eigenvalue weighted by Gasteiger charge is 2.30. The molecule has 2 aliphatic heterocycles. The molecule has 0 bridgehead atoms. The van der Waals surface area contributed by atoms with E-state index < -0.39 is 5.97 Å². The Morgan fingerprint density at radius 2 is 2.33 bits per heavy atom. The number of carbonyl (C=O) groups is 1. The van der Waals surface area contributed by atoms with Gasteiger partial charge in [0.05, 0.1) is 12.5 Å². The number of hydrogen-bond acceptors (Lipinski definition) is 3. The van der Waals surface area contributed by atoms with Crippen LogP contribution in [0.5, 0.6) is 5.75 Å². The van der Waals surface area contributed by atoms with Gasteiger partial charge in [0.2, 0.25) is 0 Å². The number of likely N-dealkylation sites (tertiary alicyclic amines) is 1. The van der Waals surface area contributed by atoms with Crippen LogP contribution < -0.4 is 4.74 Å². The minimum absolute atomic E-state index is 0.194. The number of hydrogen-bond donors (Lipinski definition) is 1. The van der Waals surface area contributed by atoms with Crippen LogP contribution in [0.3, 0.4) is 0 Å². The van der Waals surface area contributed by atoms with Gasteiger partial charge < -0.3 is 9.84 Å². The van der Waals surface area contributed by atoms with Crippen molar-refractivity contribution in [2.45, 2.75) is 38.8 Å². The van der Waals surface area contributed by atoms with Crippen LogP contribution in [-0.2, 0) is 17.8 Å². The van der Waals surface area contributed by atoms with Gasteiger partial charge in [-0.2, -0.15) is 0 Å². The molecule has 2 heterocycles. The summed E-state index contributed by atoms with van der Waals surface area (Å²) in [5.41, 5.74) is 2.48. The van der Waals surface area contributed by atoms with Crippen LogP contribution in [0.1, 0.15) is 30.9 Å². The summed E-state index contributed by atoms with van der Waals surface area (Å²) in [6, 6.07) is 4.54. The number of carboxylic acids is 1. The number of fused-ring (bicyclic) bond motifs is 1. The van der Waals surface area contributed by atoms with Crippen molar-refractivity contribution in [2.24, 2.45) is 5.92 Å². The molecule has 0 aliphatic carbocycles. The maximum atomic E-state index is 11.1. The highest BCUT2D eigenvalue weighted by Crippen LogP contribution is 2.35. The average molecular weight is 354 g/mol. The summed E-state index contributed by atoms with van der Waals surface area (Å²) >= 11 is 3.57. The molecule has 3 rings (SSSR count). The first-order valence-corrected chi connectivity index (χ1v) is 8.25. The molecule has 2 aliphatic rings. The van der Waals surface area contributed by atoms with E-state index in [9.17, 15) is 4.79 Å². The summed E-state index contributed by atoms with van der Waals surface area (Å²) < 4.78 is 6.87. The third-order valence-corrected chi connectivity index (χ3v) is 5.02. The number of nitrogens with zero attached hydrogens (tertiary/aromatic N) is 1. The summed E-state index contributed by atoms with van der Waals surface area (Å²) in [6.45, 7) is 4.54. The molecule has 1 aromatic rings. The number of piperidine rings is 1. The van der Waals surface area contributed by atoms with E-state index in [1.807, 2.05) is 0 Å². The zero-order chi connectivity index (χ0) is 15.0. The smallest absolute Gasteiger partial charge is 0.306 e. The van der Waals surface area contributed by atoms with Crippen molar-refractivity contribution in [3.8, 4) is 5.75 Å². The van der Waals surface area contributed by atoms with E-state index in [0.717, 1.165) is 49.2 Å². The third kappa shape index (κ3) is 3.09. The number of aliphatic carboxylic acids is 1. The summed E-state index contributed by atoms with van der Waals surface area (Å²) in [5.74, 6) is 0.180. The number of rotatable bonds is 3. The number of halogens is 1. The van der Waals surface area contributed by atoms with Crippen molar-refractivity contribution in [3.05, 3.63) is 27.7 Å². The summed E-state index contributed by atoms with van der Waals surface area (Å²) in [6.07, 6.45) is 2.43. The lowest BCUT2D eigenvalue weighted by Crippen LogP contribution is -2.42. The Morgan fingerprint density at radius 3 is 3.05 bits per heavy atom. The van der Waals surface area contributed by atoms with E-state index in [1.165, 1.54) is 11.1 Å². The lowest BCUT2D eigenvalue weighted by atomic mass is 9.91. The first-order chi connectivity index (χ1) is 10.0. The van der Waals surface area contributed by atoms with Crippen molar-refractivity contribution in [1.29, 1.82) is 0 Å². The molecule has 2 atom stereocenters. The molecule has 4 nitrogen and oxygen atoms in total. The Labute approximate surface area is 133 Å². The molecular weight excluding hydrogens is 334 g/mol. The van der Waals surface area contributed by atoms with Crippen LogP contribution in [-0.4, -0.2) is 35.2 Å². The van der Waals surface area contributed by atoms with Crippen LogP contribution in [0.15, 0.2) is 16.6 Å². The van der Waals surface area contributed by atoms with E-state index in [0.29, 0.717) is 0 Å². The minimum Gasteiger partial charge on any atom is -0.493 e. The summed E-state index contributed by atoms with van der Waals surface area (Å²) in [5, 5.41) is 9.15. The van der Waals surface area contributed by atoms with Crippen LogP contribution >= 0.6 is 15.9 Å². The van der Waals surface area contributed by atoms with E-state index in [-0.39, 0.29) is 12.0 Å². The summed E-state index contributed by atoms with van der Waals surface area (Å²) in [7, 11) is 0. The molecule has 0 radical (unpaired) electrons. The predicted octanol–water partition coefficient (Wildman–Crippen LogP) is 3.07. The monoisotopic (exact) mass is 353 g/mol. The number of ether oxygens (including phenoxy) is 1. The van der Waals surface area contributed by atoms with Crippen molar-refractivity contribution < 1.29 is 14.6 Å². The molecule has 1 fully saturated rings. The lowest BCUT2D eigenvalue weighted by molar-refractivity contribution is -0.144. The van der Waals surface area contributed by atoms with Gasteiger partial charge in [-0.25, -0.2) is 0 Å². The Hall–Kier alpha value is -1.07. The Balaban J connectivity index is 1.74. The maximum Gasteiger partial charge on any atom is 0.306 e. The van der Waals surface area contributed by atoms with Crippen LogP contribution in [0.4, 0.5) is 0 Å². The van der Waals surface area contributed by atoms with Crippen molar-refractivity contribution in [2.75, 3.05) is 13.2 Å². The minimum atomic E-state index is -0.659. The van der Waals surface area contributed by atoms with Gasteiger partial charge in [0.1, 0.15) is 5.75 Å². The third-order valence-electron chi connectivity index (χ3n) is 4.56. The molecule has 5 heteroatoms. The predicted molar refractivity (Wildman–Crippen MR) is 83.6 cm³/mol. The van der Waals surface area contributed by atoms with Gasteiger partial charge in [-0.05, 0) is 44.0 Å². The van der Waals surface area contributed by atoms with Gasteiger partial charge in [0.15, 0.2) is 0 Å².